The highest BCUT2D eigenvalue weighted by molar-refractivity contribution is 5.96. The van der Waals surface area contributed by atoms with E-state index in [4.69, 9.17) is 5.11 Å². The van der Waals surface area contributed by atoms with Crippen LogP contribution >= 0.6 is 0 Å². The molecule has 1 atom stereocenters. The summed E-state index contributed by atoms with van der Waals surface area (Å²) in [4.78, 5) is 22.9. The molecule has 0 radical (unpaired) electrons. The molecule has 7 heteroatoms. The van der Waals surface area contributed by atoms with Crippen molar-refractivity contribution in [1.82, 2.24) is 0 Å². The summed E-state index contributed by atoms with van der Waals surface area (Å²) < 4.78 is 38.5. The van der Waals surface area contributed by atoms with E-state index < -0.39 is 17.7 Å². The van der Waals surface area contributed by atoms with Crippen molar-refractivity contribution in [3.8, 4) is 11.1 Å². The molecule has 0 saturated carbocycles. The Bertz CT molecular complexity index is 1150. The summed E-state index contributed by atoms with van der Waals surface area (Å²) in [5, 5.41) is 12.3. The molecule has 0 spiro atoms. The highest BCUT2D eigenvalue weighted by Gasteiger charge is 2.29. The van der Waals surface area contributed by atoms with Crippen molar-refractivity contribution in [2.75, 3.05) is 5.32 Å². The SMILES string of the molecule is CCCC[C@@H](Cc1ccc(-c2ccc(C(F)(F)F)cc2)cc1)Nc1ccc(C(=O)CCCC(=O)O)cc1. The predicted octanol–water partition coefficient (Wildman–Crippen LogP) is 8.02. The smallest absolute Gasteiger partial charge is 0.416 e. The first kappa shape index (κ1) is 28.0. The largest absolute Gasteiger partial charge is 0.481 e. The Morgan fingerprint density at radius 1 is 0.838 bits per heavy atom. The van der Waals surface area contributed by atoms with Crippen molar-refractivity contribution in [3.05, 3.63) is 89.5 Å². The molecule has 3 aromatic rings. The number of Topliss-reactive ketones (excluding diaryl/α,β-unsaturated/α-hetero) is 1. The van der Waals surface area contributed by atoms with E-state index in [1.54, 1.807) is 12.1 Å². The van der Waals surface area contributed by atoms with E-state index in [2.05, 4.69) is 12.2 Å². The van der Waals surface area contributed by atoms with E-state index in [1.807, 2.05) is 36.4 Å². The molecule has 0 aliphatic rings. The highest BCUT2D eigenvalue weighted by Crippen LogP contribution is 2.31. The number of alkyl halides is 3. The minimum Gasteiger partial charge on any atom is -0.481 e. The highest BCUT2D eigenvalue weighted by atomic mass is 19.4. The van der Waals surface area contributed by atoms with Crippen LogP contribution in [0.1, 0.15) is 66.9 Å². The second-order valence-electron chi connectivity index (χ2n) is 9.21. The Labute approximate surface area is 215 Å². The summed E-state index contributed by atoms with van der Waals surface area (Å²) in [6.45, 7) is 2.14. The number of rotatable bonds is 13. The van der Waals surface area contributed by atoms with E-state index in [0.717, 1.165) is 60.2 Å². The van der Waals surface area contributed by atoms with Gasteiger partial charge in [0.1, 0.15) is 0 Å². The second kappa shape index (κ2) is 13.1. The zero-order chi connectivity index (χ0) is 26.8. The zero-order valence-electron chi connectivity index (χ0n) is 20.9. The Balaban J connectivity index is 1.62. The van der Waals surface area contributed by atoms with Gasteiger partial charge in [0.15, 0.2) is 5.78 Å². The maximum Gasteiger partial charge on any atom is 0.416 e. The van der Waals surface area contributed by atoms with Gasteiger partial charge in [-0.25, -0.2) is 0 Å². The number of carboxylic acid groups (broad SMARTS) is 1. The molecule has 2 N–H and O–H groups in total. The molecule has 0 aliphatic carbocycles. The lowest BCUT2D eigenvalue weighted by Gasteiger charge is -2.20. The third-order valence-electron chi connectivity index (χ3n) is 6.26. The van der Waals surface area contributed by atoms with Gasteiger partial charge in [0.2, 0.25) is 0 Å². The number of benzene rings is 3. The first-order chi connectivity index (χ1) is 17.7. The van der Waals surface area contributed by atoms with Crippen molar-refractivity contribution in [3.63, 3.8) is 0 Å². The molecule has 3 aromatic carbocycles. The van der Waals surface area contributed by atoms with E-state index in [9.17, 15) is 22.8 Å². The molecular weight excluding hydrogens is 479 g/mol. The van der Waals surface area contributed by atoms with Gasteiger partial charge in [0.05, 0.1) is 5.56 Å². The van der Waals surface area contributed by atoms with Crippen LogP contribution in [0.4, 0.5) is 18.9 Å². The number of hydrogen-bond donors (Lipinski definition) is 2. The fourth-order valence-electron chi connectivity index (χ4n) is 4.18. The van der Waals surface area contributed by atoms with Crippen LogP contribution in [0.5, 0.6) is 0 Å². The number of aliphatic carboxylic acids is 1. The third-order valence-corrected chi connectivity index (χ3v) is 6.26. The summed E-state index contributed by atoms with van der Waals surface area (Å²) in [6, 6.07) is 20.5. The van der Waals surface area contributed by atoms with E-state index in [-0.39, 0.29) is 24.7 Å². The molecule has 4 nitrogen and oxygen atoms in total. The van der Waals surface area contributed by atoms with Crippen molar-refractivity contribution < 1.29 is 27.9 Å². The van der Waals surface area contributed by atoms with Crippen LogP contribution in [0.25, 0.3) is 11.1 Å². The number of nitrogens with one attached hydrogen (secondary N) is 1. The van der Waals surface area contributed by atoms with Crippen LogP contribution in [-0.4, -0.2) is 22.9 Å². The Kier molecular flexibility index (Phi) is 9.89. The van der Waals surface area contributed by atoms with Gasteiger partial charge in [-0.1, -0.05) is 56.2 Å². The van der Waals surface area contributed by atoms with Crippen LogP contribution in [-0.2, 0) is 17.4 Å². The fraction of sp³-hybridized carbons (Fsp3) is 0.333. The van der Waals surface area contributed by atoms with Gasteiger partial charge in [-0.15, -0.1) is 0 Å². The molecule has 3 rings (SSSR count). The molecule has 0 heterocycles. The van der Waals surface area contributed by atoms with Gasteiger partial charge in [-0.05, 0) is 72.4 Å². The van der Waals surface area contributed by atoms with E-state index in [1.165, 1.54) is 12.1 Å². The van der Waals surface area contributed by atoms with Gasteiger partial charge in [0.25, 0.3) is 0 Å². The first-order valence-electron chi connectivity index (χ1n) is 12.5. The maximum absolute atomic E-state index is 12.8. The quantitative estimate of drug-likeness (QED) is 0.228. The van der Waals surface area contributed by atoms with Crippen molar-refractivity contribution >= 4 is 17.4 Å². The number of carbonyl (C=O) groups excluding carboxylic acids is 1. The normalized spacial score (nSPS) is 12.2. The van der Waals surface area contributed by atoms with Gasteiger partial charge < -0.3 is 10.4 Å². The topological polar surface area (TPSA) is 66.4 Å². The van der Waals surface area contributed by atoms with Gasteiger partial charge in [-0.2, -0.15) is 13.2 Å². The van der Waals surface area contributed by atoms with Gasteiger partial charge in [0, 0.05) is 30.1 Å². The molecule has 0 aromatic heterocycles. The molecule has 0 saturated heterocycles. The first-order valence-corrected chi connectivity index (χ1v) is 12.5. The number of halogens is 3. The number of carboxylic acids is 1. The number of ketones is 1. The van der Waals surface area contributed by atoms with Gasteiger partial charge in [-0.3, -0.25) is 9.59 Å². The predicted molar refractivity (Wildman–Crippen MR) is 140 cm³/mol. The lowest BCUT2D eigenvalue weighted by molar-refractivity contribution is -0.138. The Morgan fingerprint density at radius 2 is 1.43 bits per heavy atom. The standard InChI is InChI=1S/C30H32F3NO3/c1-2-3-5-27(34-26-18-14-24(15-19-26)28(35)6-4-7-29(36)37)20-21-8-10-22(11-9-21)23-12-16-25(17-13-23)30(31,32)33/h8-19,27,34H,2-7,20H2,1H3,(H,36,37)/t27-/m0/s1. The number of hydrogen-bond acceptors (Lipinski definition) is 3. The maximum atomic E-state index is 12.8. The lowest BCUT2D eigenvalue weighted by atomic mass is 9.97. The molecule has 0 amide bonds. The van der Waals surface area contributed by atoms with E-state index >= 15 is 0 Å². The average Bonchev–Trinajstić information content (AvgIpc) is 2.87. The third kappa shape index (κ3) is 8.77. The lowest BCUT2D eigenvalue weighted by Crippen LogP contribution is -2.22. The molecular formula is C30H32F3NO3. The number of anilines is 1. The number of unbranched alkanes of at least 4 members (excludes halogenated alkanes) is 1. The summed E-state index contributed by atoms with van der Waals surface area (Å²) in [6.07, 6.45) is 0.0362. The van der Waals surface area contributed by atoms with Crippen LogP contribution in [0.2, 0.25) is 0 Å². The molecule has 196 valence electrons. The van der Waals surface area contributed by atoms with Crippen LogP contribution in [0.3, 0.4) is 0 Å². The average molecular weight is 512 g/mol. The second-order valence-corrected chi connectivity index (χ2v) is 9.21. The van der Waals surface area contributed by atoms with E-state index in [0.29, 0.717) is 12.0 Å². The van der Waals surface area contributed by atoms with Crippen LogP contribution in [0.15, 0.2) is 72.8 Å². The van der Waals surface area contributed by atoms with Crippen molar-refractivity contribution in [2.24, 2.45) is 0 Å². The van der Waals surface area contributed by atoms with Gasteiger partial charge >= 0.3 is 12.1 Å². The summed E-state index contributed by atoms with van der Waals surface area (Å²) in [5.74, 6) is -0.969. The summed E-state index contributed by atoms with van der Waals surface area (Å²) in [5.41, 5.74) is 3.53. The molecule has 37 heavy (non-hydrogen) atoms. The minimum absolute atomic E-state index is 0.0181. The van der Waals surface area contributed by atoms with Crippen LogP contribution in [0, 0.1) is 0 Å². The van der Waals surface area contributed by atoms with Crippen LogP contribution < -0.4 is 5.32 Å². The fourth-order valence-corrected chi connectivity index (χ4v) is 4.18. The Morgan fingerprint density at radius 3 is 1.97 bits per heavy atom. The minimum atomic E-state index is -4.35. The molecule has 0 unspecified atom stereocenters. The van der Waals surface area contributed by atoms with Crippen molar-refractivity contribution in [2.45, 2.75) is 64.1 Å². The Hall–Kier alpha value is -3.61. The summed E-state index contributed by atoms with van der Waals surface area (Å²) >= 11 is 0. The molecule has 0 bridgehead atoms. The monoisotopic (exact) mass is 511 g/mol. The number of carbonyl (C=O) groups is 2. The molecule has 0 fully saturated rings. The van der Waals surface area contributed by atoms with Crippen molar-refractivity contribution in [1.29, 1.82) is 0 Å². The molecule has 0 aliphatic heterocycles. The zero-order valence-corrected chi connectivity index (χ0v) is 20.9. The summed E-state index contributed by atoms with van der Waals surface area (Å²) in [7, 11) is 0.